The van der Waals surface area contributed by atoms with Crippen molar-refractivity contribution in [3.8, 4) is 0 Å². The molecule has 3 nitrogen and oxygen atoms in total. The molecule has 0 radical (unpaired) electrons. The number of hydrogen-bond acceptors (Lipinski definition) is 3. The standard InChI is InChI=1S/C18H24O3/c1-12(2)13(3)18(14-10-8-7-9-11-14)15(19)20-16(21-18)17(4,5)6/h7-11,16H,1-6H3/t16-,18+/m1/s1. The van der Waals surface area contributed by atoms with Gasteiger partial charge in [-0.2, -0.15) is 0 Å². The lowest BCUT2D eigenvalue weighted by atomic mass is 9.84. The molecule has 2 atom stereocenters. The minimum absolute atomic E-state index is 0.270. The molecule has 114 valence electrons. The molecule has 0 unspecified atom stereocenters. The zero-order chi connectivity index (χ0) is 15.8. The summed E-state index contributed by atoms with van der Waals surface area (Å²) in [7, 11) is 0. The van der Waals surface area contributed by atoms with Gasteiger partial charge in [0, 0.05) is 5.41 Å². The Labute approximate surface area is 127 Å². The molecule has 0 spiro atoms. The maximum Gasteiger partial charge on any atom is 0.350 e. The molecule has 3 heteroatoms. The Kier molecular flexibility index (Phi) is 3.98. The van der Waals surface area contributed by atoms with Gasteiger partial charge in [-0.3, -0.25) is 0 Å². The highest BCUT2D eigenvalue weighted by atomic mass is 16.8. The van der Waals surface area contributed by atoms with Crippen LogP contribution in [-0.4, -0.2) is 12.3 Å². The summed E-state index contributed by atoms with van der Waals surface area (Å²) in [5, 5.41) is 0. The van der Waals surface area contributed by atoms with Crippen LogP contribution in [-0.2, 0) is 19.9 Å². The first-order valence-electron chi connectivity index (χ1n) is 7.28. The maximum atomic E-state index is 12.7. The average Bonchev–Trinajstić information content (AvgIpc) is 2.77. The van der Waals surface area contributed by atoms with E-state index in [-0.39, 0.29) is 11.4 Å². The van der Waals surface area contributed by atoms with Crippen molar-refractivity contribution in [3.63, 3.8) is 0 Å². The van der Waals surface area contributed by atoms with Crippen LogP contribution < -0.4 is 0 Å². The predicted octanol–water partition coefficient (Wildman–Crippen LogP) is 4.18. The fourth-order valence-corrected chi connectivity index (χ4v) is 2.44. The van der Waals surface area contributed by atoms with Crippen molar-refractivity contribution >= 4 is 5.97 Å². The van der Waals surface area contributed by atoms with E-state index >= 15 is 0 Å². The number of carbonyl (C=O) groups excluding carboxylic acids is 1. The minimum atomic E-state index is -1.13. The van der Waals surface area contributed by atoms with Gasteiger partial charge in [-0.1, -0.05) is 56.7 Å². The van der Waals surface area contributed by atoms with Gasteiger partial charge in [-0.25, -0.2) is 4.79 Å². The van der Waals surface area contributed by atoms with Crippen LogP contribution in [0.15, 0.2) is 41.5 Å². The van der Waals surface area contributed by atoms with Gasteiger partial charge >= 0.3 is 5.97 Å². The fourth-order valence-electron chi connectivity index (χ4n) is 2.44. The summed E-state index contributed by atoms with van der Waals surface area (Å²) in [5.74, 6) is -0.327. The van der Waals surface area contributed by atoms with Crippen molar-refractivity contribution in [3.05, 3.63) is 47.0 Å². The van der Waals surface area contributed by atoms with Gasteiger partial charge in [0.25, 0.3) is 0 Å². The second kappa shape index (κ2) is 5.30. The molecule has 0 bridgehead atoms. The van der Waals surface area contributed by atoms with Gasteiger partial charge in [0.1, 0.15) is 0 Å². The monoisotopic (exact) mass is 288 g/mol. The molecule has 2 rings (SSSR count). The molecule has 0 amide bonds. The highest BCUT2D eigenvalue weighted by Gasteiger charge is 2.55. The van der Waals surface area contributed by atoms with Crippen LogP contribution in [0, 0.1) is 5.41 Å². The Balaban J connectivity index is 2.60. The Bertz CT molecular complexity index is 562. The molecule has 1 heterocycles. The van der Waals surface area contributed by atoms with E-state index in [4.69, 9.17) is 9.47 Å². The Morgan fingerprint density at radius 3 is 2.10 bits per heavy atom. The fraction of sp³-hybridized carbons (Fsp3) is 0.500. The lowest BCUT2D eigenvalue weighted by Crippen LogP contribution is -2.36. The summed E-state index contributed by atoms with van der Waals surface area (Å²) in [6.07, 6.45) is -0.556. The topological polar surface area (TPSA) is 35.5 Å². The first kappa shape index (κ1) is 15.8. The molecular weight excluding hydrogens is 264 g/mol. The molecule has 0 aromatic heterocycles. The molecule has 1 aliphatic rings. The van der Waals surface area contributed by atoms with E-state index < -0.39 is 11.9 Å². The molecule has 1 aromatic carbocycles. The van der Waals surface area contributed by atoms with Gasteiger partial charge in [0.2, 0.25) is 11.9 Å². The van der Waals surface area contributed by atoms with Gasteiger partial charge in [0.15, 0.2) is 0 Å². The second-order valence-corrected chi connectivity index (χ2v) is 6.89. The Hall–Kier alpha value is -1.61. The van der Waals surface area contributed by atoms with Crippen LogP contribution in [0.3, 0.4) is 0 Å². The summed E-state index contributed by atoms with van der Waals surface area (Å²) in [6.45, 7) is 11.9. The largest absolute Gasteiger partial charge is 0.432 e. The van der Waals surface area contributed by atoms with Crippen molar-refractivity contribution in [2.24, 2.45) is 5.41 Å². The molecule has 0 aliphatic carbocycles. The zero-order valence-electron chi connectivity index (χ0n) is 13.7. The highest BCUT2D eigenvalue weighted by Crippen LogP contribution is 2.45. The Morgan fingerprint density at radius 1 is 1.10 bits per heavy atom. The zero-order valence-corrected chi connectivity index (χ0v) is 13.7. The first-order valence-corrected chi connectivity index (χ1v) is 7.28. The normalized spacial score (nSPS) is 25.6. The van der Waals surface area contributed by atoms with Crippen molar-refractivity contribution < 1.29 is 14.3 Å². The molecule has 0 saturated carbocycles. The molecule has 1 fully saturated rings. The Morgan fingerprint density at radius 2 is 1.67 bits per heavy atom. The molecule has 1 saturated heterocycles. The van der Waals surface area contributed by atoms with E-state index in [9.17, 15) is 4.79 Å². The smallest absolute Gasteiger partial charge is 0.350 e. The first-order chi connectivity index (χ1) is 9.69. The number of allylic oxidation sites excluding steroid dienone is 1. The summed E-state index contributed by atoms with van der Waals surface area (Å²) < 4.78 is 11.8. The molecule has 0 N–H and O–H groups in total. The van der Waals surface area contributed by atoms with Crippen LogP contribution in [0.2, 0.25) is 0 Å². The molecule has 1 aromatic rings. The van der Waals surface area contributed by atoms with E-state index in [1.807, 2.05) is 71.9 Å². The number of esters is 1. The predicted molar refractivity (Wildman–Crippen MR) is 82.6 cm³/mol. The van der Waals surface area contributed by atoms with E-state index in [2.05, 4.69) is 0 Å². The number of rotatable bonds is 2. The van der Waals surface area contributed by atoms with E-state index in [1.165, 1.54) is 0 Å². The van der Waals surface area contributed by atoms with Crippen LogP contribution in [0.5, 0.6) is 0 Å². The van der Waals surface area contributed by atoms with Gasteiger partial charge < -0.3 is 9.47 Å². The molecular formula is C18H24O3. The minimum Gasteiger partial charge on any atom is -0.432 e. The maximum absolute atomic E-state index is 12.7. The lowest BCUT2D eigenvalue weighted by molar-refractivity contribution is -0.155. The average molecular weight is 288 g/mol. The van der Waals surface area contributed by atoms with E-state index in [0.717, 1.165) is 16.7 Å². The SMILES string of the molecule is CC(C)=C(C)[C@@]1(c2ccccc2)O[C@H](C(C)(C)C)OC1=O. The number of cyclic esters (lactones) is 1. The number of benzene rings is 1. The second-order valence-electron chi connectivity index (χ2n) is 6.89. The van der Waals surface area contributed by atoms with Crippen LogP contribution in [0.1, 0.15) is 47.1 Å². The third kappa shape index (κ3) is 2.62. The third-order valence-electron chi connectivity index (χ3n) is 3.95. The molecule has 21 heavy (non-hydrogen) atoms. The summed E-state index contributed by atoms with van der Waals surface area (Å²) in [4.78, 5) is 12.7. The van der Waals surface area contributed by atoms with Crippen LogP contribution in [0.4, 0.5) is 0 Å². The van der Waals surface area contributed by atoms with E-state index in [0.29, 0.717) is 0 Å². The lowest BCUT2D eigenvalue weighted by Gasteiger charge is -2.30. The van der Waals surface area contributed by atoms with Gasteiger partial charge in [-0.05, 0) is 31.9 Å². The molecule has 1 aliphatic heterocycles. The number of ether oxygens (including phenoxy) is 2. The van der Waals surface area contributed by atoms with Crippen LogP contribution in [0.25, 0.3) is 0 Å². The summed E-state index contributed by atoms with van der Waals surface area (Å²) >= 11 is 0. The van der Waals surface area contributed by atoms with E-state index in [1.54, 1.807) is 0 Å². The summed E-state index contributed by atoms with van der Waals surface area (Å²) in [5.41, 5.74) is 1.38. The summed E-state index contributed by atoms with van der Waals surface area (Å²) in [6, 6.07) is 9.58. The van der Waals surface area contributed by atoms with Crippen LogP contribution >= 0.6 is 0 Å². The van der Waals surface area contributed by atoms with Crippen molar-refractivity contribution in [1.82, 2.24) is 0 Å². The quantitative estimate of drug-likeness (QED) is 0.605. The van der Waals surface area contributed by atoms with Gasteiger partial charge in [0.05, 0.1) is 0 Å². The number of hydrogen-bond donors (Lipinski definition) is 0. The van der Waals surface area contributed by atoms with Crippen molar-refractivity contribution in [1.29, 1.82) is 0 Å². The van der Waals surface area contributed by atoms with Crippen molar-refractivity contribution in [2.75, 3.05) is 0 Å². The number of carbonyl (C=O) groups is 1. The highest BCUT2D eigenvalue weighted by molar-refractivity contribution is 5.87. The van der Waals surface area contributed by atoms with Crippen molar-refractivity contribution in [2.45, 2.75) is 53.4 Å². The van der Waals surface area contributed by atoms with Gasteiger partial charge in [-0.15, -0.1) is 0 Å². The third-order valence-corrected chi connectivity index (χ3v) is 3.95.